The van der Waals surface area contributed by atoms with E-state index < -0.39 is 18.0 Å². The summed E-state index contributed by atoms with van der Waals surface area (Å²) in [6, 6.07) is 5.34. The average molecular weight is 294 g/mol. The number of rotatable bonds is 3. The number of carbonyl (C=O) groups is 2. The fourth-order valence-corrected chi connectivity index (χ4v) is 2.45. The zero-order chi connectivity index (χ0) is 15.4. The van der Waals surface area contributed by atoms with E-state index in [4.69, 9.17) is 5.73 Å². The predicted molar refractivity (Wildman–Crippen MR) is 77.4 cm³/mol. The predicted octanol–water partition coefficient (Wildman–Crippen LogP) is 0.531. The quantitative estimate of drug-likeness (QED) is 0.852. The summed E-state index contributed by atoms with van der Waals surface area (Å²) in [6.07, 6.45) is 0. The minimum atomic E-state index is -0.850. The van der Waals surface area contributed by atoms with Gasteiger partial charge in [-0.1, -0.05) is 12.1 Å². The lowest BCUT2D eigenvalue weighted by atomic mass is 10.2. The van der Waals surface area contributed by atoms with E-state index in [0.717, 1.165) is 0 Å². The molecule has 1 heterocycles. The van der Waals surface area contributed by atoms with Crippen LogP contribution in [0.4, 0.5) is 14.9 Å². The molecule has 3 amide bonds. The van der Waals surface area contributed by atoms with Gasteiger partial charge in [-0.25, -0.2) is 9.18 Å². The third kappa shape index (κ3) is 3.69. The number of nitrogens with two attached hydrogens (primary N) is 1. The molecule has 1 saturated heterocycles. The number of nitrogens with one attached hydrogen (secondary N) is 1. The molecule has 1 aliphatic heterocycles. The fraction of sp³-hybridized carbons (Fsp3) is 0.429. The Morgan fingerprint density at radius 3 is 2.43 bits per heavy atom. The minimum absolute atomic E-state index is 0.245. The second-order valence-corrected chi connectivity index (χ2v) is 5.00. The highest BCUT2D eigenvalue weighted by Gasteiger charge is 2.26. The zero-order valence-electron chi connectivity index (χ0n) is 11.9. The molecule has 114 valence electrons. The number of amides is 3. The van der Waals surface area contributed by atoms with E-state index in [1.807, 2.05) is 9.80 Å². The van der Waals surface area contributed by atoms with Crippen molar-refractivity contribution in [2.45, 2.75) is 13.0 Å². The van der Waals surface area contributed by atoms with E-state index >= 15 is 0 Å². The largest absolute Gasteiger partial charge is 0.367 e. The standard InChI is InChI=1S/C14H19FN4O2/c1-10(13(20)17-14(16)21)18-6-8-19(9-7-18)12-5-3-2-4-11(12)15/h2-5,10H,6-9H2,1H3,(H3,16,17,20,21). The molecular weight excluding hydrogens is 275 g/mol. The molecule has 1 unspecified atom stereocenters. The Morgan fingerprint density at radius 1 is 1.24 bits per heavy atom. The van der Waals surface area contributed by atoms with Crippen LogP contribution in [0.15, 0.2) is 24.3 Å². The molecule has 0 aliphatic carbocycles. The van der Waals surface area contributed by atoms with Crippen molar-refractivity contribution in [3.05, 3.63) is 30.1 Å². The number of para-hydroxylation sites is 1. The Hall–Kier alpha value is -2.15. The average Bonchev–Trinajstić information content (AvgIpc) is 2.46. The molecule has 1 aromatic carbocycles. The minimum Gasteiger partial charge on any atom is -0.367 e. The maximum Gasteiger partial charge on any atom is 0.318 e. The van der Waals surface area contributed by atoms with Crippen molar-refractivity contribution < 1.29 is 14.0 Å². The molecular formula is C14H19FN4O2. The van der Waals surface area contributed by atoms with Crippen LogP contribution in [0.25, 0.3) is 0 Å². The van der Waals surface area contributed by atoms with Gasteiger partial charge in [0.1, 0.15) is 5.82 Å². The van der Waals surface area contributed by atoms with E-state index in [-0.39, 0.29) is 5.82 Å². The van der Waals surface area contributed by atoms with Gasteiger partial charge in [-0.3, -0.25) is 15.0 Å². The van der Waals surface area contributed by atoms with Gasteiger partial charge in [-0.2, -0.15) is 0 Å². The van der Waals surface area contributed by atoms with Crippen LogP contribution in [0, 0.1) is 5.82 Å². The first-order valence-electron chi connectivity index (χ1n) is 6.83. The van der Waals surface area contributed by atoms with Crippen molar-refractivity contribution in [1.82, 2.24) is 10.2 Å². The lowest BCUT2D eigenvalue weighted by Crippen LogP contribution is -2.55. The summed E-state index contributed by atoms with van der Waals surface area (Å²) in [6.45, 7) is 4.19. The summed E-state index contributed by atoms with van der Waals surface area (Å²) in [4.78, 5) is 26.3. The molecule has 2 rings (SSSR count). The van der Waals surface area contributed by atoms with Gasteiger partial charge in [0.05, 0.1) is 11.7 Å². The van der Waals surface area contributed by atoms with E-state index in [1.54, 1.807) is 25.1 Å². The number of halogens is 1. The molecule has 0 saturated carbocycles. The number of urea groups is 1. The van der Waals surface area contributed by atoms with Gasteiger partial charge in [-0.05, 0) is 19.1 Å². The summed E-state index contributed by atoms with van der Waals surface area (Å²) in [5.41, 5.74) is 5.51. The summed E-state index contributed by atoms with van der Waals surface area (Å²) in [7, 11) is 0. The number of hydrogen-bond acceptors (Lipinski definition) is 4. The molecule has 1 fully saturated rings. The highest BCUT2D eigenvalue weighted by molar-refractivity contribution is 5.96. The highest BCUT2D eigenvalue weighted by Crippen LogP contribution is 2.20. The molecule has 3 N–H and O–H groups in total. The van der Waals surface area contributed by atoms with Crippen LogP contribution in [0.2, 0.25) is 0 Å². The molecule has 1 aliphatic rings. The molecule has 6 nitrogen and oxygen atoms in total. The number of primary amides is 1. The summed E-state index contributed by atoms with van der Waals surface area (Å²) in [5, 5.41) is 2.08. The first-order valence-corrected chi connectivity index (χ1v) is 6.83. The van der Waals surface area contributed by atoms with Gasteiger partial charge in [0.25, 0.3) is 0 Å². The molecule has 0 radical (unpaired) electrons. The van der Waals surface area contributed by atoms with Gasteiger partial charge < -0.3 is 10.6 Å². The van der Waals surface area contributed by atoms with Crippen molar-refractivity contribution in [2.24, 2.45) is 5.73 Å². The Labute approximate surface area is 122 Å². The SMILES string of the molecule is CC(C(=O)NC(N)=O)N1CCN(c2ccccc2F)CC1. The maximum absolute atomic E-state index is 13.7. The van der Waals surface area contributed by atoms with Crippen LogP contribution in [-0.4, -0.2) is 49.1 Å². The van der Waals surface area contributed by atoms with Gasteiger partial charge in [0, 0.05) is 26.2 Å². The van der Waals surface area contributed by atoms with Gasteiger partial charge >= 0.3 is 6.03 Å². The fourth-order valence-electron chi connectivity index (χ4n) is 2.45. The Morgan fingerprint density at radius 2 is 1.86 bits per heavy atom. The van der Waals surface area contributed by atoms with Crippen LogP contribution >= 0.6 is 0 Å². The topological polar surface area (TPSA) is 78.7 Å². The maximum atomic E-state index is 13.7. The van der Waals surface area contributed by atoms with Gasteiger partial charge in [0.2, 0.25) is 5.91 Å². The summed E-state index contributed by atoms with van der Waals surface area (Å²) < 4.78 is 13.7. The third-order valence-corrected chi connectivity index (χ3v) is 3.68. The molecule has 0 spiro atoms. The Bertz CT molecular complexity index is 529. The second kappa shape index (κ2) is 6.53. The van der Waals surface area contributed by atoms with Crippen LogP contribution in [0.3, 0.4) is 0 Å². The third-order valence-electron chi connectivity index (χ3n) is 3.68. The Balaban J connectivity index is 1.93. The Kier molecular flexibility index (Phi) is 4.74. The van der Waals surface area contributed by atoms with E-state index in [9.17, 15) is 14.0 Å². The van der Waals surface area contributed by atoms with Crippen LogP contribution < -0.4 is 16.0 Å². The van der Waals surface area contributed by atoms with Crippen LogP contribution in [0.1, 0.15) is 6.92 Å². The van der Waals surface area contributed by atoms with Gasteiger partial charge in [0.15, 0.2) is 0 Å². The molecule has 1 aromatic rings. The molecule has 0 aromatic heterocycles. The lowest BCUT2D eigenvalue weighted by Gasteiger charge is -2.38. The second-order valence-electron chi connectivity index (χ2n) is 5.00. The first kappa shape index (κ1) is 15.2. The number of hydrogen-bond donors (Lipinski definition) is 2. The van der Waals surface area contributed by atoms with Crippen LogP contribution in [-0.2, 0) is 4.79 Å². The smallest absolute Gasteiger partial charge is 0.318 e. The van der Waals surface area contributed by atoms with Crippen molar-refractivity contribution in [1.29, 1.82) is 0 Å². The molecule has 0 bridgehead atoms. The van der Waals surface area contributed by atoms with Gasteiger partial charge in [-0.15, -0.1) is 0 Å². The van der Waals surface area contributed by atoms with E-state index in [1.165, 1.54) is 6.07 Å². The van der Waals surface area contributed by atoms with Crippen LogP contribution in [0.5, 0.6) is 0 Å². The van der Waals surface area contributed by atoms with Crippen molar-refractivity contribution in [2.75, 3.05) is 31.1 Å². The first-order chi connectivity index (χ1) is 9.99. The summed E-state index contributed by atoms with van der Waals surface area (Å²) >= 11 is 0. The highest BCUT2D eigenvalue weighted by atomic mass is 19.1. The van der Waals surface area contributed by atoms with Crippen molar-refractivity contribution in [3.63, 3.8) is 0 Å². The molecule has 1 atom stereocenters. The normalized spacial score (nSPS) is 17.3. The van der Waals surface area contributed by atoms with Crippen molar-refractivity contribution >= 4 is 17.6 Å². The lowest BCUT2D eigenvalue weighted by molar-refractivity contribution is -0.124. The summed E-state index contributed by atoms with van der Waals surface area (Å²) in [5.74, 6) is -0.660. The number of piperazine rings is 1. The monoisotopic (exact) mass is 294 g/mol. The molecule has 7 heteroatoms. The number of nitrogens with zero attached hydrogens (tertiary/aromatic N) is 2. The van der Waals surface area contributed by atoms with Crippen molar-refractivity contribution in [3.8, 4) is 0 Å². The number of imide groups is 1. The number of benzene rings is 1. The number of anilines is 1. The zero-order valence-corrected chi connectivity index (χ0v) is 11.9. The van der Waals surface area contributed by atoms with E-state index in [2.05, 4.69) is 5.32 Å². The molecule has 21 heavy (non-hydrogen) atoms. The van der Waals surface area contributed by atoms with E-state index in [0.29, 0.717) is 31.9 Å². The number of carbonyl (C=O) groups excluding carboxylic acids is 2.